The largest absolute Gasteiger partial charge is 0.493 e. The number of piperidine rings is 1. The van der Waals surface area contributed by atoms with Gasteiger partial charge in [0.05, 0.1) is 24.5 Å². The van der Waals surface area contributed by atoms with Crippen molar-refractivity contribution in [3.63, 3.8) is 0 Å². The predicted molar refractivity (Wildman–Crippen MR) is 437 cm³/mol. The summed E-state index contributed by atoms with van der Waals surface area (Å²) in [5, 5.41) is 0. The number of Topliss-reactive ketones (excluding diaryl/α,β-unsaturated/α-hetero) is 3. The molecule has 0 radical (unpaired) electrons. The van der Waals surface area contributed by atoms with Crippen LogP contribution in [0.2, 0.25) is 0 Å². The maximum absolute atomic E-state index is 11.6. The smallest absolute Gasteiger partial charge is 0.165 e. The fourth-order valence-corrected chi connectivity index (χ4v) is 10.8. The number of hydrogen-bond acceptors (Lipinski definition) is 11. The number of carbonyl (C=O) groups is 3. The fourth-order valence-electron chi connectivity index (χ4n) is 9.88. The second-order valence-corrected chi connectivity index (χ2v) is 34.9. The van der Waals surface area contributed by atoms with E-state index in [0.29, 0.717) is 41.1 Å². The molecular formula is C90H143N5O5S. The first kappa shape index (κ1) is 93.2. The molecule has 11 heteroatoms. The van der Waals surface area contributed by atoms with Crippen molar-refractivity contribution in [2.75, 3.05) is 57.4 Å². The average molecular weight is 1410 g/mol. The lowest BCUT2D eigenvalue weighted by Gasteiger charge is -2.39. The van der Waals surface area contributed by atoms with Crippen LogP contribution in [0.15, 0.2) is 158 Å². The third-order valence-corrected chi connectivity index (χ3v) is 17.5. The van der Waals surface area contributed by atoms with Crippen LogP contribution in [0.1, 0.15) is 242 Å². The van der Waals surface area contributed by atoms with E-state index in [1.165, 1.54) is 111 Å². The first-order valence-electron chi connectivity index (χ1n) is 37.8. The van der Waals surface area contributed by atoms with E-state index in [1.54, 1.807) is 13.1 Å². The van der Waals surface area contributed by atoms with Gasteiger partial charge in [-0.05, 0) is 191 Å². The molecule has 0 aliphatic carbocycles. The highest BCUT2D eigenvalue weighted by molar-refractivity contribution is 7.99. The number of ether oxygens (including phenoxy) is 2. The van der Waals surface area contributed by atoms with Crippen LogP contribution in [-0.2, 0) is 46.7 Å². The highest BCUT2D eigenvalue weighted by atomic mass is 32.2. The molecule has 0 unspecified atom stereocenters. The number of aromatic nitrogens is 2. The molecule has 0 spiro atoms. The Morgan fingerprint density at radius 1 is 0.545 bits per heavy atom. The molecule has 0 bridgehead atoms. The van der Waals surface area contributed by atoms with Gasteiger partial charge in [-0.2, -0.15) is 11.8 Å². The summed E-state index contributed by atoms with van der Waals surface area (Å²) >= 11 is 2.07. The second-order valence-electron chi connectivity index (χ2n) is 33.7. The molecule has 5 heterocycles. The van der Waals surface area contributed by atoms with Gasteiger partial charge in [0.25, 0.3) is 0 Å². The van der Waals surface area contributed by atoms with Crippen molar-refractivity contribution < 1.29 is 23.9 Å². The van der Waals surface area contributed by atoms with Crippen molar-refractivity contribution in [3.8, 4) is 5.75 Å². The van der Waals surface area contributed by atoms with Gasteiger partial charge in [-0.1, -0.05) is 225 Å². The summed E-state index contributed by atoms with van der Waals surface area (Å²) in [7, 11) is 0. The van der Waals surface area contributed by atoms with Crippen LogP contribution in [0, 0.1) is 40.9 Å². The lowest BCUT2D eigenvalue weighted by atomic mass is 9.87. The molecule has 0 N–H and O–H groups in total. The van der Waals surface area contributed by atoms with Crippen molar-refractivity contribution in [1.29, 1.82) is 0 Å². The second kappa shape index (κ2) is 49.8. The molecule has 2 fully saturated rings. The molecule has 2 saturated heterocycles. The summed E-state index contributed by atoms with van der Waals surface area (Å²) in [6, 6.07) is 49.2. The maximum atomic E-state index is 11.6. The predicted octanol–water partition coefficient (Wildman–Crippen LogP) is 22.3. The molecule has 101 heavy (non-hydrogen) atoms. The molecule has 0 atom stereocenters. The standard InChI is InChI=1S/C13H19N.C13H18O.C11H17N.C11H16O.C10H15NO.C10H21N.C10H12O.C7H15NS.C5H10O/c1-13(2,3)14-9-8-11-6-4-5-7-12(11)10-14;1-13(2,3)12(14)10-9-11-7-5-4-6-8-11;1-11(2,3)8-7-10-6-4-5-9-12-10;1-9(2)8-12-11-6-4-10(3)5-7-11;1-10(2,3)12-8-9-6-4-5-7-11-9;1-10(2,3)9-11-7-5-4-6-8-11;1-8(2)10(11)9-6-4-3-5-7-9;1-7(2)8-3-5-9-6-4-8;1-4(2)5(3)6/h4-7H,8-10H2,1-3H3;4-8H,9-10H2,1-3H3;4-6,9H,7-8H2,1-3H3;4-7,9H,8H2,1-3H3;4-7H,8H2,1-3H3;4-9H2,1-3H3;3-8H,1-2H3;7H,3-6H2,1-2H3;4H,1-3H3. The summed E-state index contributed by atoms with van der Waals surface area (Å²) in [5.41, 5.74) is 9.45. The number of likely N-dealkylation sites (tertiary alicyclic amines) is 1. The van der Waals surface area contributed by atoms with Gasteiger partial charge in [0, 0.05) is 103 Å². The highest BCUT2D eigenvalue weighted by Gasteiger charge is 2.26. The lowest BCUT2D eigenvalue weighted by molar-refractivity contribution is -0.126. The molecule has 6 aromatic rings. The van der Waals surface area contributed by atoms with Gasteiger partial charge >= 0.3 is 0 Å². The van der Waals surface area contributed by atoms with E-state index in [1.807, 2.05) is 166 Å². The van der Waals surface area contributed by atoms with Gasteiger partial charge in [-0.25, -0.2) is 0 Å². The third-order valence-electron chi connectivity index (χ3n) is 16.6. The zero-order chi connectivity index (χ0) is 76.2. The third kappa shape index (κ3) is 49.5. The minimum absolute atomic E-state index is 0.0858. The Kier molecular flexibility index (Phi) is 45.9. The maximum Gasteiger partial charge on any atom is 0.165 e. The van der Waals surface area contributed by atoms with Crippen molar-refractivity contribution in [3.05, 3.63) is 197 Å². The van der Waals surface area contributed by atoms with Gasteiger partial charge in [0.2, 0.25) is 0 Å². The monoisotopic (exact) mass is 1410 g/mol. The molecule has 0 amide bonds. The van der Waals surface area contributed by atoms with Crippen LogP contribution < -0.4 is 4.74 Å². The van der Waals surface area contributed by atoms with E-state index >= 15 is 0 Å². The van der Waals surface area contributed by atoms with Crippen LogP contribution in [-0.4, -0.2) is 117 Å². The van der Waals surface area contributed by atoms with Crippen molar-refractivity contribution >= 4 is 29.1 Å². The van der Waals surface area contributed by atoms with Gasteiger partial charge in [-0.15, -0.1) is 0 Å². The normalized spacial score (nSPS) is 14.1. The number of pyridine rings is 2. The molecule has 3 aliphatic rings. The summed E-state index contributed by atoms with van der Waals surface area (Å²) in [4.78, 5) is 49.3. The van der Waals surface area contributed by atoms with E-state index in [9.17, 15) is 14.4 Å². The molecule has 4 aromatic carbocycles. The molecule has 564 valence electrons. The number of aryl methyl sites for hydroxylation is 3. The summed E-state index contributed by atoms with van der Waals surface area (Å²) < 4.78 is 11.1. The lowest BCUT2D eigenvalue weighted by Crippen LogP contribution is -2.44. The van der Waals surface area contributed by atoms with E-state index in [-0.39, 0.29) is 34.4 Å². The average Bonchev–Trinajstić information content (AvgIpc) is 0.820. The first-order valence-corrected chi connectivity index (χ1v) is 39.0. The quantitative estimate of drug-likeness (QED) is 0.0918. The Morgan fingerprint density at radius 3 is 1.49 bits per heavy atom. The van der Waals surface area contributed by atoms with Crippen LogP contribution in [0.5, 0.6) is 5.75 Å². The Morgan fingerprint density at radius 2 is 1.05 bits per heavy atom. The minimum Gasteiger partial charge on any atom is -0.493 e. The van der Waals surface area contributed by atoms with Crippen LogP contribution in [0.3, 0.4) is 0 Å². The number of rotatable bonds is 15. The topological polar surface area (TPSA) is 105 Å². The minimum atomic E-state index is -0.200. The zero-order valence-corrected chi connectivity index (χ0v) is 69.3. The Bertz CT molecular complexity index is 3000. The Labute approximate surface area is 623 Å². The summed E-state index contributed by atoms with van der Waals surface area (Å²) in [6.45, 7) is 63.0. The van der Waals surface area contributed by atoms with Crippen LogP contribution in [0.25, 0.3) is 0 Å². The number of benzene rings is 4. The summed E-state index contributed by atoms with van der Waals surface area (Å²) in [6.07, 6.45) is 12.9. The van der Waals surface area contributed by atoms with Crippen LogP contribution in [0.4, 0.5) is 0 Å². The van der Waals surface area contributed by atoms with Gasteiger partial charge in [-0.3, -0.25) is 34.2 Å². The zero-order valence-electron chi connectivity index (χ0n) is 68.4. The van der Waals surface area contributed by atoms with Crippen molar-refractivity contribution in [1.82, 2.24) is 24.7 Å². The fraction of sp³-hybridized carbons (Fsp3) is 0.589. The van der Waals surface area contributed by atoms with Crippen molar-refractivity contribution in [2.45, 2.75) is 255 Å². The number of thioether (sulfide) groups is 1. The molecule has 3 aliphatic heterocycles. The Hall–Kier alpha value is -5.82. The number of carbonyl (C=O) groups excluding carboxylic acids is 3. The number of fused-ring (bicyclic) bond motifs is 1. The van der Waals surface area contributed by atoms with Crippen molar-refractivity contribution in [2.24, 2.45) is 34.0 Å². The van der Waals surface area contributed by atoms with E-state index in [4.69, 9.17) is 9.47 Å². The molecule has 0 saturated carbocycles. The number of ketones is 3. The molecule has 10 nitrogen and oxygen atoms in total. The van der Waals surface area contributed by atoms with E-state index in [2.05, 4.69) is 188 Å². The molecule has 2 aromatic heterocycles. The summed E-state index contributed by atoms with van der Waals surface area (Å²) in [5.74, 6) is 5.33. The van der Waals surface area contributed by atoms with E-state index < -0.39 is 0 Å². The SMILES string of the molecule is CC(=O)C(C)C.CC(C)(C)C(=O)CCc1ccccc1.CC(C)(C)CCc1ccccn1.CC(C)(C)CN1CCCCC1.CC(C)(C)N1CCc2ccccc2C1.CC(C)(C)OCc1ccccn1.CC(C)C(=O)c1ccccc1.CC(C)N1CCSCC1.Cc1ccc(OCC(C)C)cc1. The van der Waals surface area contributed by atoms with Crippen LogP contribution >= 0.6 is 11.8 Å². The Balaban J connectivity index is 0.000000572. The van der Waals surface area contributed by atoms with Gasteiger partial charge in [0.15, 0.2) is 5.78 Å². The molecule has 9 rings (SSSR count). The number of nitrogens with zero attached hydrogens (tertiary/aromatic N) is 5. The van der Waals surface area contributed by atoms with Gasteiger partial charge < -0.3 is 14.4 Å². The van der Waals surface area contributed by atoms with Gasteiger partial charge in [0.1, 0.15) is 17.3 Å². The first-order chi connectivity index (χ1) is 47.1. The number of hydrogen-bond donors (Lipinski definition) is 0. The molecular weight excluding hydrogens is 1260 g/mol. The van der Waals surface area contributed by atoms with E-state index in [0.717, 1.165) is 49.0 Å². The highest BCUT2D eigenvalue weighted by Crippen LogP contribution is 2.26.